The quantitative estimate of drug-likeness (QED) is 0.157. The highest BCUT2D eigenvalue weighted by Gasteiger charge is 2.46. The maximum absolute atomic E-state index is 12.6. The van der Waals surface area contributed by atoms with Crippen LogP contribution in [0.15, 0.2) is 95.0 Å². The van der Waals surface area contributed by atoms with Crippen LogP contribution in [0, 0.1) is 5.92 Å². The van der Waals surface area contributed by atoms with Gasteiger partial charge in [0.15, 0.2) is 0 Å². The van der Waals surface area contributed by atoms with Gasteiger partial charge in [-0.15, -0.1) is 0 Å². The molecule has 2 bridgehead atoms. The fraction of sp³-hybridized carbons (Fsp3) is 0.303. The van der Waals surface area contributed by atoms with E-state index in [-0.39, 0.29) is 17.2 Å². The number of hydrogen-bond donors (Lipinski definition) is 0. The number of ether oxygens (including phenoxy) is 2. The van der Waals surface area contributed by atoms with Crippen molar-refractivity contribution in [2.24, 2.45) is 10.9 Å². The van der Waals surface area contributed by atoms with Crippen LogP contribution in [0.1, 0.15) is 63.4 Å². The summed E-state index contributed by atoms with van der Waals surface area (Å²) in [5, 5.41) is 0. The van der Waals surface area contributed by atoms with Crippen LogP contribution in [0.5, 0.6) is 11.6 Å². The summed E-state index contributed by atoms with van der Waals surface area (Å²) in [7, 11) is 0. The standard InChI is InChI=1S/C33H34N2O3/c1-6-27-24-18-22(2)20-33(27,34-21-23-10-8-7-9-11-23)28-16-17-30(35-29(28)19-24)38-31(36)37-26-14-12-25(13-15-26)32(3,4)5/h6-18,21,24H,19-20H2,1-5H3/b27-6+,34-21?. The smallest absolute Gasteiger partial charge is 0.395 e. The molecule has 0 aliphatic heterocycles. The molecule has 2 unspecified atom stereocenters. The Kier molecular flexibility index (Phi) is 6.78. The van der Waals surface area contributed by atoms with Crippen molar-refractivity contribution in [2.75, 3.05) is 0 Å². The van der Waals surface area contributed by atoms with Crippen molar-refractivity contribution in [3.05, 3.63) is 112 Å². The van der Waals surface area contributed by atoms with Gasteiger partial charge in [-0.25, -0.2) is 9.78 Å². The van der Waals surface area contributed by atoms with Crippen LogP contribution in [0.2, 0.25) is 0 Å². The second-order valence-electron chi connectivity index (χ2n) is 11.1. The van der Waals surface area contributed by atoms with Crippen molar-refractivity contribution in [3.8, 4) is 11.6 Å². The highest BCUT2D eigenvalue weighted by atomic mass is 16.7. The van der Waals surface area contributed by atoms with Crippen LogP contribution < -0.4 is 9.47 Å². The first-order chi connectivity index (χ1) is 18.2. The summed E-state index contributed by atoms with van der Waals surface area (Å²) in [6, 6.07) is 21.4. The number of carbonyl (C=O) groups excluding carboxylic acids is 1. The zero-order valence-electron chi connectivity index (χ0n) is 22.7. The SMILES string of the molecule is C/C=C1\C2C=C(C)CC1(N=Cc1ccccc1)c1ccc(OC(=O)Oc3ccc(C(C)(C)C)cc3)nc1C2. The number of hydrogen-bond acceptors (Lipinski definition) is 5. The Morgan fingerprint density at radius 1 is 1.03 bits per heavy atom. The molecule has 3 aromatic rings. The van der Waals surface area contributed by atoms with Crippen molar-refractivity contribution >= 4 is 12.4 Å². The minimum Gasteiger partial charge on any atom is -0.395 e. The lowest BCUT2D eigenvalue weighted by Gasteiger charge is -2.45. The highest BCUT2D eigenvalue weighted by molar-refractivity contribution is 5.80. The van der Waals surface area contributed by atoms with Gasteiger partial charge in [0.2, 0.25) is 5.88 Å². The first-order valence-electron chi connectivity index (χ1n) is 13.1. The summed E-state index contributed by atoms with van der Waals surface area (Å²) in [6.07, 6.45) is 7.19. The first kappa shape index (κ1) is 25.7. The third-order valence-electron chi connectivity index (χ3n) is 7.36. The first-order valence-corrected chi connectivity index (χ1v) is 13.1. The van der Waals surface area contributed by atoms with Gasteiger partial charge in [-0.2, -0.15) is 0 Å². The van der Waals surface area contributed by atoms with Crippen molar-refractivity contribution in [1.82, 2.24) is 4.98 Å². The average Bonchev–Trinajstić information content (AvgIpc) is 2.87. The fourth-order valence-electron chi connectivity index (χ4n) is 5.59. The van der Waals surface area contributed by atoms with Gasteiger partial charge in [0.1, 0.15) is 11.3 Å². The minimum absolute atomic E-state index is 0.0213. The lowest BCUT2D eigenvalue weighted by Crippen LogP contribution is -2.40. The molecule has 0 spiro atoms. The van der Waals surface area contributed by atoms with Crippen LogP contribution in [-0.4, -0.2) is 17.4 Å². The summed E-state index contributed by atoms with van der Waals surface area (Å²) < 4.78 is 10.9. The van der Waals surface area contributed by atoms with Crippen LogP contribution in [0.4, 0.5) is 4.79 Å². The molecule has 0 amide bonds. The van der Waals surface area contributed by atoms with E-state index < -0.39 is 11.7 Å². The summed E-state index contributed by atoms with van der Waals surface area (Å²) in [5.41, 5.74) is 6.27. The molecule has 194 valence electrons. The second-order valence-corrected chi connectivity index (χ2v) is 11.1. The summed E-state index contributed by atoms with van der Waals surface area (Å²) >= 11 is 0. The summed E-state index contributed by atoms with van der Waals surface area (Å²) in [6.45, 7) is 10.7. The van der Waals surface area contributed by atoms with E-state index in [2.05, 4.69) is 58.9 Å². The van der Waals surface area contributed by atoms with Gasteiger partial charge < -0.3 is 9.47 Å². The van der Waals surface area contributed by atoms with Crippen LogP contribution >= 0.6 is 0 Å². The number of aromatic nitrogens is 1. The summed E-state index contributed by atoms with van der Waals surface area (Å²) in [5.74, 6) is 0.859. The molecule has 5 nitrogen and oxygen atoms in total. The van der Waals surface area contributed by atoms with E-state index in [1.54, 1.807) is 18.2 Å². The molecule has 1 heterocycles. The Labute approximate surface area is 224 Å². The monoisotopic (exact) mass is 506 g/mol. The van der Waals surface area contributed by atoms with Crippen molar-refractivity contribution < 1.29 is 14.3 Å². The van der Waals surface area contributed by atoms with E-state index >= 15 is 0 Å². The van der Waals surface area contributed by atoms with Crippen molar-refractivity contribution in [3.63, 3.8) is 0 Å². The molecule has 2 atom stereocenters. The van der Waals surface area contributed by atoms with Gasteiger partial charge in [-0.3, -0.25) is 4.99 Å². The van der Waals surface area contributed by atoms with Crippen molar-refractivity contribution in [2.45, 2.75) is 58.4 Å². The zero-order valence-corrected chi connectivity index (χ0v) is 22.7. The molecule has 5 heteroatoms. The van der Waals surface area contributed by atoms with Gasteiger partial charge in [0.25, 0.3) is 0 Å². The van der Waals surface area contributed by atoms with E-state index in [0.717, 1.165) is 35.2 Å². The molecule has 0 fully saturated rings. The minimum atomic E-state index is -0.807. The lowest BCUT2D eigenvalue weighted by atomic mass is 9.63. The zero-order chi connectivity index (χ0) is 26.9. The molecule has 0 saturated heterocycles. The van der Waals surface area contributed by atoms with Crippen molar-refractivity contribution in [1.29, 1.82) is 0 Å². The van der Waals surface area contributed by atoms with Gasteiger partial charge in [0, 0.05) is 36.6 Å². The maximum Gasteiger partial charge on any atom is 0.520 e. The molecule has 0 radical (unpaired) electrons. The van der Waals surface area contributed by atoms with Gasteiger partial charge in [-0.05, 0) is 54.2 Å². The van der Waals surface area contributed by atoms with E-state index in [0.29, 0.717) is 5.75 Å². The predicted molar refractivity (Wildman–Crippen MR) is 151 cm³/mol. The molecule has 2 aliphatic carbocycles. The van der Waals surface area contributed by atoms with E-state index in [4.69, 9.17) is 19.5 Å². The predicted octanol–water partition coefficient (Wildman–Crippen LogP) is 7.74. The lowest BCUT2D eigenvalue weighted by molar-refractivity contribution is 0.149. The number of pyridine rings is 1. The maximum atomic E-state index is 12.6. The van der Waals surface area contributed by atoms with E-state index in [9.17, 15) is 4.79 Å². The molecule has 0 N–H and O–H groups in total. The molecular weight excluding hydrogens is 472 g/mol. The molecular formula is C33H34N2O3. The number of allylic oxidation sites excluding steroid dienone is 2. The number of aliphatic imine (C=N–C) groups is 1. The number of fused-ring (bicyclic) bond motifs is 4. The Bertz CT molecular complexity index is 1430. The van der Waals surface area contributed by atoms with Gasteiger partial charge >= 0.3 is 6.16 Å². The average molecular weight is 507 g/mol. The molecule has 2 aromatic carbocycles. The molecule has 0 saturated carbocycles. The number of carbonyl (C=O) groups is 1. The van der Waals surface area contributed by atoms with Gasteiger partial charge in [-0.1, -0.05) is 81.0 Å². The molecule has 38 heavy (non-hydrogen) atoms. The van der Waals surface area contributed by atoms with Gasteiger partial charge in [0.05, 0.1) is 5.69 Å². The Hall–Kier alpha value is -3.99. The molecule has 5 rings (SSSR count). The van der Waals surface area contributed by atoms with Crippen LogP contribution in [-0.2, 0) is 17.4 Å². The number of rotatable bonds is 4. The topological polar surface area (TPSA) is 60.8 Å². The molecule has 2 aliphatic rings. The largest absolute Gasteiger partial charge is 0.520 e. The third kappa shape index (κ3) is 5.06. The normalized spacial score (nSPS) is 21.7. The highest BCUT2D eigenvalue weighted by Crippen LogP contribution is 2.52. The Morgan fingerprint density at radius 2 is 1.76 bits per heavy atom. The fourth-order valence-corrected chi connectivity index (χ4v) is 5.59. The Morgan fingerprint density at radius 3 is 2.45 bits per heavy atom. The van der Waals surface area contributed by atoms with Crippen LogP contribution in [0.25, 0.3) is 0 Å². The number of benzene rings is 2. The molecule has 1 aromatic heterocycles. The number of nitrogens with zero attached hydrogens (tertiary/aromatic N) is 2. The Balaban J connectivity index is 1.41. The van der Waals surface area contributed by atoms with E-state index in [1.165, 1.54) is 11.1 Å². The summed E-state index contributed by atoms with van der Waals surface area (Å²) in [4.78, 5) is 22.5. The van der Waals surface area contributed by atoms with Crippen LogP contribution in [0.3, 0.4) is 0 Å². The van der Waals surface area contributed by atoms with E-state index in [1.807, 2.05) is 42.6 Å². The third-order valence-corrected chi connectivity index (χ3v) is 7.36. The second kappa shape index (κ2) is 10.1.